The number of hydrogen-bond donors (Lipinski definition) is 0. The average Bonchev–Trinajstić information content (AvgIpc) is 2.01. The molecule has 0 fully saturated rings. The molecule has 0 aliphatic rings. The molecule has 70 valence electrons. The zero-order chi connectivity index (χ0) is 10.0. The van der Waals surface area contributed by atoms with Gasteiger partial charge in [-0.1, -0.05) is 25.4 Å². The van der Waals surface area contributed by atoms with Gasteiger partial charge in [-0.3, -0.25) is 4.79 Å². The van der Waals surface area contributed by atoms with Crippen LogP contribution in [0.3, 0.4) is 0 Å². The van der Waals surface area contributed by atoms with Crippen LogP contribution in [0.2, 0.25) is 5.15 Å². The summed E-state index contributed by atoms with van der Waals surface area (Å²) < 4.78 is 0. The number of rotatable bonds is 2. The predicted octanol–water partition coefficient (Wildman–Crippen LogP) is 2.88. The zero-order valence-corrected chi connectivity index (χ0v) is 8.72. The Bertz CT molecular complexity index is 313. The first-order valence-electron chi connectivity index (χ1n) is 4.19. The number of aryl methyl sites for hydroxylation is 1. The van der Waals surface area contributed by atoms with Crippen molar-refractivity contribution in [3.05, 3.63) is 28.5 Å². The van der Waals surface area contributed by atoms with Crippen LogP contribution in [0.15, 0.2) is 12.1 Å². The van der Waals surface area contributed by atoms with Crippen LogP contribution >= 0.6 is 11.6 Å². The van der Waals surface area contributed by atoms with E-state index in [2.05, 4.69) is 4.98 Å². The summed E-state index contributed by atoms with van der Waals surface area (Å²) in [5.74, 6) is -0.00373. The topological polar surface area (TPSA) is 30.0 Å². The van der Waals surface area contributed by atoms with E-state index in [0.717, 1.165) is 5.56 Å². The molecule has 0 saturated carbocycles. The van der Waals surface area contributed by atoms with Gasteiger partial charge in [0.05, 0.1) is 0 Å². The van der Waals surface area contributed by atoms with Crippen molar-refractivity contribution in [2.75, 3.05) is 0 Å². The zero-order valence-electron chi connectivity index (χ0n) is 7.97. The van der Waals surface area contributed by atoms with Crippen LogP contribution in [0.5, 0.6) is 0 Å². The highest BCUT2D eigenvalue weighted by atomic mass is 35.5. The Hall–Kier alpha value is -0.890. The molecule has 0 radical (unpaired) electrons. The Kier molecular flexibility index (Phi) is 3.04. The van der Waals surface area contributed by atoms with Gasteiger partial charge < -0.3 is 0 Å². The van der Waals surface area contributed by atoms with Gasteiger partial charge in [0.1, 0.15) is 10.8 Å². The van der Waals surface area contributed by atoms with E-state index in [1.807, 2.05) is 20.8 Å². The summed E-state index contributed by atoms with van der Waals surface area (Å²) >= 11 is 5.74. The number of nitrogens with zero attached hydrogens (tertiary/aromatic N) is 1. The molecular formula is C10H12ClNO. The first-order valence-corrected chi connectivity index (χ1v) is 4.57. The van der Waals surface area contributed by atoms with Gasteiger partial charge in [0.25, 0.3) is 0 Å². The van der Waals surface area contributed by atoms with Crippen molar-refractivity contribution in [2.45, 2.75) is 20.8 Å². The van der Waals surface area contributed by atoms with E-state index in [1.165, 1.54) is 0 Å². The molecule has 0 aromatic carbocycles. The predicted molar refractivity (Wildman–Crippen MR) is 53.2 cm³/mol. The maximum atomic E-state index is 11.5. The second kappa shape index (κ2) is 3.88. The number of carbonyl (C=O) groups is 1. The summed E-state index contributed by atoms with van der Waals surface area (Å²) in [6.45, 7) is 5.59. The van der Waals surface area contributed by atoms with E-state index < -0.39 is 0 Å². The molecule has 0 saturated heterocycles. The fourth-order valence-electron chi connectivity index (χ4n) is 1.05. The van der Waals surface area contributed by atoms with Crippen LogP contribution in [-0.2, 0) is 0 Å². The fourth-order valence-corrected chi connectivity index (χ4v) is 1.31. The van der Waals surface area contributed by atoms with Gasteiger partial charge in [-0.05, 0) is 24.6 Å². The first-order chi connectivity index (χ1) is 6.00. The minimum absolute atomic E-state index is 0.0330. The van der Waals surface area contributed by atoms with Crippen LogP contribution in [0.25, 0.3) is 0 Å². The molecule has 0 aliphatic heterocycles. The average molecular weight is 198 g/mol. The Labute approximate surface area is 82.9 Å². The lowest BCUT2D eigenvalue weighted by Crippen LogP contribution is -2.09. The molecule has 1 heterocycles. The van der Waals surface area contributed by atoms with Gasteiger partial charge >= 0.3 is 0 Å². The Balaban J connectivity index is 3.08. The molecule has 0 bridgehead atoms. The lowest BCUT2D eigenvalue weighted by Gasteiger charge is -2.04. The second-order valence-electron chi connectivity index (χ2n) is 3.37. The van der Waals surface area contributed by atoms with E-state index in [-0.39, 0.29) is 11.7 Å². The molecule has 0 unspecified atom stereocenters. The SMILES string of the molecule is Cc1cc(Cl)nc(C(=O)C(C)C)c1. The minimum Gasteiger partial charge on any atom is -0.292 e. The monoisotopic (exact) mass is 197 g/mol. The molecule has 13 heavy (non-hydrogen) atoms. The Morgan fingerprint density at radius 2 is 2.08 bits per heavy atom. The number of pyridine rings is 1. The number of hydrogen-bond acceptors (Lipinski definition) is 2. The molecule has 0 atom stereocenters. The van der Waals surface area contributed by atoms with Crippen molar-refractivity contribution in [1.82, 2.24) is 4.98 Å². The van der Waals surface area contributed by atoms with E-state index >= 15 is 0 Å². The summed E-state index contributed by atoms with van der Waals surface area (Å²) in [4.78, 5) is 15.5. The fraction of sp³-hybridized carbons (Fsp3) is 0.400. The number of Topliss-reactive ketones (excluding diaryl/α,β-unsaturated/α-hetero) is 1. The standard InChI is InChI=1S/C10H12ClNO/c1-6(2)10(13)8-4-7(3)5-9(11)12-8/h4-6H,1-3H3. The van der Waals surface area contributed by atoms with Crippen molar-refractivity contribution in [2.24, 2.45) is 5.92 Å². The first kappa shape index (κ1) is 10.2. The van der Waals surface area contributed by atoms with Gasteiger partial charge in [0.2, 0.25) is 0 Å². The van der Waals surface area contributed by atoms with Crippen molar-refractivity contribution in [3.63, 3.8) is 0 Å². The molecule has 2 nitrogen and oxygen atoms in total. The van der Waals surface area contributed by atoms with Crippen LogP contribution < -0.4 is 0 Å². The molecule has 3 heteroatoms. The smallest absolute Gasteiger partial charge is 0.183 e. The summed E-state index contributed by atoms with van der Waals surface area (Å²) in [6.07, 6.45) is 0. The van der Waals surface area contributed by atoms with Crippen LogP contribution in [0.4, 0.5) is 0 Å². The van der Waals surface area contributed by atoms with Crippen molar-refractivity contribution in [3.8, 4) is 0 Å². The van der Waals surface area contributed by atoms with E-state index in [0.29, 0.717) is 10.8 Å². The van der Waals surface area contributed by atoms with E-state index in [9.17, 15) is 4.79 Å². The molecular weight excluding hydrogens is 186 g/mol. The van der Waals surface area contributed by atoms with Crippen LogP contribution in [-0.4, -0.2) is 10.8 Å². The molecule has 1 aromatic heterocycles. The highest BCUT2D eigenvalue weighted by Crippen LogP contribution is 2.13. The Morgan fingerprint density at radius 3 is 2.54 bits per heavy atom. The quantitative estimate of drug-likeness (QED) is 0.539. The van der Waals surface area contributed by atoms with Crippen molar-refractivity contribution in [1.29, 1.82) is 0 Å². The summed E-state index contributed by atoms with van der Waals surface area (Å²) in [7, 11) is 0. The summed E-state index contributed by atoms with van der Waals surface area (Å²) in [5.41, 5.74) is 1.42. The van der Waals surface area contributed by atoms with Gasteiger partial charge in [-0.2, -0.15) is 0 Å². The third-order valence-electron chi connectivity index (χ3n) is 1.72. The van der Waals surface area contributed by atoms with E-state index in [4.69, 9.17) is 11.6 Å². The Morgan fingerprint density at radius 1 is 1.46 bits per heavy atom. The lowest BCUT2D eigenvalue weighted by atomic mass is 10.1. The van der Waals surface area contributed by atoms with E-state index in [1.54, 1.807) is 12.1 Å². The third kappa shape index (κ3) is 2.52. The molecule has 0 amide bonds. The van der Waals surface area contributed by atoms with Crippen LogP contribution in [0.1, 0.15) is 29.9 Å². The minimum atomic E-state index is -0.0367. The van der Waals surface area contributed by atoms with Gasteiger partial charge in [-0.15, -0.1) is 0 Å². The third-order valence-corrected chi connectivity index (χ3v) is 1.91. The molecule has 0 N–H and O–H groups in total. The molecule has 1 aromatic rings. The summed E-state index contributed by atoms with van der Waals surface area (Å²) in [5, 5.41) is 0.379. The molecule has 0 spiro atoms. The van der Waals surface area contributed by atoms with Gasteiger partial charge in [0, 0.05) is 5.92 Å². The lowest BCUT2D eigenvalue weighted by molar-refractivity contribution is 0.0934. The maximum Gasteiger partial charge on any atom is 0.183 e. The largest absolute Gasteiger partial charge is 0.292 e. The van der Waals surface area contributed by atoms with Crippen molar-refractivity contribution >= 4 is 17.4 Å². The number of ketones is 1. The normalized spacial score (nSPS) is 10.5. The highest BCUT2D eigenvalue weighted by Gasteiger charge is 2.12. The van der Waals surface area contributed by atoms with Crippen molar-refractivity contribution < 1.29 is 4.79 Å². The van der Waals surface area contributed by atoms with Gasteiger partial charge in [-0.25, -0.2) is 4.98 Å². The molecule has 0 aliphatic carbocycles. The maximum absolute atomic E-state index is 11.5. The summed E-state index contributed by atoms with van der Waals surface area (Å²) in [6, 6.07) is 3.49. The number of aromatic nitrogens is 1. The number of halogens is 1. The second-order valence-corrected chi connectivity index (χ2v) is 3.76. The highest BCUT2D eigenvalue weighted by molar-refractivity contribution is 6.29. The van der Waals surface area contributed by atoms with Gasteiger partial charge in [0.15, 0.2) is 5.78 Å². The number of carbonyl (C=O) groups excluding carboxylic acids is 1. The van der Waals surface area contributed by atoms with Crippen LogP contribution in [0, 0.1) is 12.8 Å². The molecule has 1 rings (SSSR count).